The molecule has 0 aliphatic carbocycles. The van der Waals surface area contributed by atoms with Gasteiger partial charge in [-0.1, -0.05) is 6.07 Å². The molecule has 6 heteroatoms. The van der Waals surface area contributed by atoms with E-state index in [9.17, 15) is 4.79 Å². The summed E-state index contributed by atoms with van der Waals surface area (Å²) >= 11 is 0. The number of hydrogen-bond acceptors (Lipinski definition) is 5. The van der Waals surface area contributed by atoms with Crippen molar-refractivity contribution in [3.8, 4) is 11.5 Å². The quantitative estimate of drug-likeness (QED) is 0.828. The smallest absolute Gasteiger partial charge is 0.341 e. The second-order valence-electron chi connectivity index (χ2n) is 3.98. The van der Waals surface area contributed by atoms with Gasteiger partial charge in [-0.2, -0.15) is 0 Å². The minimum Gasteiger partial charge on any atom is -0.477 e. The van der Waals surface area contributed by atoms with Crippen LogP contribution in [-0.2, 0) is 0 Å². The molecule has 2 aromatic heterocycles. The number of nitrogens with zero attached hydrogens (tertiary/aromatic N) is 3. The van der Waals surface area contributed by atoms with Crippen molar-refractivity contribution in [2.24, 2.45) is 0 Å². The number of pyridine rings is 1. The lowest BCUT2D eigenvalue weighted by Crippen LogP contribution is -2.07. The summed E-state index contributed by atoms with van der Waals surface area (Å²) in [7, 11) is 0. The van der Waals surface area contributed by atoms with Gasteiger partial charge in [0.05, 0.1) is 0 Å². The summed E-state index contributed by atoms with van der Waals surface area (Å²) in [5.41, 5.74) is 8.02. The molecule has 0 fully saturated rings. The average Bonchev–Trinajstić information content (AvgIpc) is 2.28. The third-order valence-corrected chi connectivity index (χ3v) is 2.48. The standard InChI is InChI=1S/C12H12N4O2/c1-6-3-7(2)9(14-4-6)11-15-5-8(12(17)18)10(13)16-11/h3-5H,1-2H3,(H,17,18)(H2,13,15,16). The van der Waals surface area contributed by atoms with Crippen LogP contribution in [0.15, 0.2) is 18.5 Å². The van der Waals surface area contributed by atoms with Gasteiger partial charge in [-0.25, -0.2) is 14.8 Å². The molecule has 3 N–H and O–H groups in total. The Morgan fingerprint density at radius 1 is 1.28 bits per heavy atom. The average molecular weight is 244 g/mol. The summed E-state index contributed by atoms with van der Waals surface area (Å²) in [4.78, 5) is 23.0. The number of aromatic nitrogens is 3. The molecule has 0 saturated heterocycles. The van der Waals surface area contributed by atoms with Crippen LogP contribution >= 0.6 is 0 Å². The minimum absolute atomic E-state index is 0.0609. The fourth-order valence-corrected chi connectivity index (χ4v) is 1.62. The van der Waals surface area contributed by atoms with Gasteiger partial charge in [0.1, 0.15) is 17.1 Å². The molecule has 6 nitrogen and oxygen atoms in total. The van der Waals surface area contributed by atoms with Crippen molar-refractivity contribution in [3.05, 3.63) is 35.2 Å². The molecule has 92 valence electrons. The van der Waals surface area contributed by atoms with Crippen LogP contribution in [0.5, 0.6) is 0 Å². The third-order valence-electron chi connectivity index (χ3n) is 2.48. The molecular formula is C12H12N4O2. The monoisotopic (exact) mass is 244 g/mol. The zero-order valence-electron chi connectivity index (χ0n) is 10.0. The Balaban J connectivity index is 2.52. The number of aromatic carboxylic acids is 1. The Morgan fingerprint density at radius 2 is 2.00 bits per heavy atom. The normalized spacial score (nSPS) is 10.3. The molecule has 0 radical (unpaired) electrons. The predicted octanol–water partition coefficient (Wildman–Crippen LogP) is 1.44. The lowest BCUT2D eigenvalue weighted by Gasteiger charge is -2.06. The van der Waals surface area contributed by atoms with Gasteiger partial charge in [0, 0.05) is 12.4 Å². The zero-order chi connectivity index (χ0) is 13.3. The van der Waals surface area contributed by atoms with Gasteiger partial charge in [-0.3, -0.25) is 4.98 Å². The zero-order valence-corrected chi connectivity index (χ0v) is 10.0. The number of carbonyl (C=O) groups is 1. The highest BCUT2D eigenvalue weighted by molar-refractivity contribution is 5.92. The maximum atomic E-state index is 10.8. The number of rotatable bonds is 2. The molecule has 2 aromatic rings. The summed E-state index contributed by atoms with van der Waals surface area (Å²) in [5.74, 6) is -0.878. The molecule has 0 atom stereocenters. The Labute approximate surface area is 104 Å². The maximum absolute atomic E-state index is 10.8. The molecular weight excluding hydrogens is 232 g/mol. The summed E-state index contributed by atoms with van der Waals surface area (Å²) in [5, 5.41) is 8.84. The van der Waals surface area contributed by atoms with Gasteiger partial charge in [0.15, 0.2) is 5.82 Å². The first-order valence-corrected chi connectivity index (χ1v) is 5.28. The Bertz CT molecular complexity index is 625. The van der Waals surface area contributed by atoms with Crippen LogP contribution in [-0.4, -0.2) is 26.0 Å². The Morgan fingerprint density at radius 3 is 2.56 bits per heavy atom. The van der Waals surface area contributed by atoms with Crippen LogP contribution in [0, 0.1) is 13.8 Å². The number of nitrogen functional groups attached to an aromatic ring is 1. The second-order valence-corrected chi connectivity index (χ2v) is 3.98. The molecule has 0 saturated carbocycles. The van der Waals surface area contributed by atoms with Crippen molar-refractivity contribution in [3.63, 3.8) is 0 Å². The highest BCUT2D eigenvalue weighted by Gasteiger charge is 2.13. The molecule has 0 bridgehead atoms. The van der Waals surface area contributed by atoms with E-state index in [0.29, 0.717) is 11.5 Å². The van der Waals surface area contributed by atoms with Gasteiger partial charge >= 0.3 is 5.97 Å². The van der Waals surface area contributed by atoms with Crippen molar-refractivity contribution in [1.29, 1.82) is 0 Å². The molecule has 0 aromatic carbocycles. The van der Waals surface area contributed by atoms with Gasteiger partial charge in [0.25, 0.3) is 0 Å². The van der Waals surface area contributed by atoms with Crippen LogP contribution in [0.2, 0.25) is 0 Å². The first kappa shape index (κ1) is 12.0. The van der Waals surface area contributed by atoms with Crippen molar-refractivity contribution in [1.82, 2.24) is 15.0 Å². The maximum Gasteiger partial charge on any atom is 0.341 e. The lowest BCUT2D eigenvalue weighted by atomic mass is 10.1. The van der Waals surface area contributed by atoms with E-state index in [0.717, 1.165) is 11.1 Å². The van der Waals surface area contributed by atoms with Crippen molar-refractivity contribution in [2.75, 3.05) is 5.73 Å². The summed E-state index contributed by atoms with van der Waals surface area (Å²) in [6, 6.07) is 1.95. The van der Waals surface area contributed by atoms with E-state index >= 15 is 0 Å². The molecule has 18 heavy (non-hydrogen) atoms. The molecule has 2 heterocycles. The first-order valence-electron chi connectivity index (χ1n) is 5.28. The van der Waals surface area contributed by atoms with E-state index in [4.69, 9.17) is 10.8 Å². The van der Waals surface area contributed by atoms with E-state index in [1.165, 1.54) is 6.20 Å². The number of carboxylic acid groups (broad SMARTS) is 1. The molecule has 0 unspecified atom stereocenters. The van der Waals surface area contributed by atoms with Crippen molar-refractivity contribution in [2.45, 2.75) is 13.8 Å². The minimum atomic E-state index is -1.15. The lowest BCUT2D eigenvalue weighted by molar-refractivity contribution is 0.0697. The van der Waals surface area contributed by atoms with Crippen LogP contribution < -0.4 is 5.73 Å². The molecule has 0 aliphatic rings. The molecule has 0 amide bonds. The van der Waals surface area contributed by atoms with Gasteiger partial charge in [-0.05, 0) is 25.0 Å². The summed E-state index contributed by atoms with van der Waals surface area (Å²) in [6.07, 6.45) is 2.90. The second kappa shape index (κ2) is 4.40. The molecule has 2 rings (SSSR count). The van der Waals surface area contributed by atoms with E-state index in [1.54, 1.807) is 6.20 Å². The van der Waals surface area contributed by atoms with Gasteiger partial charge < -0.3 is 10.8 Å². The fourth-order valence-electron chi connectivity index (χ4n) is 1.62. The van der Waals surface area contributed by atoms with Crippen LogP contribution in [0.25, 0.3) is 11.5 Å². The van der Waals surface area contributed by atoms with Gasteiger partial charge in [-0.15, -0.1) is 0 Å². The SMILES string of the molecule is Cc1cnc(-c2ncc(C(=O)O)c(N)n2)c(C)c1. The number of carboxylic acids is 1. The Hall–Kier alpha value is -2.50. The molecule has 0 aliphatic heterocycles. The summed E-state index contributed by atoms with van der Waals surface area (Å²) in [6.45, 7) is 3.83. The van der Waals surface area contributed by atoms with Crippen molar-refractivity contribution < 1.29 is 9.90 Å². The van der Waals surface area contributed by atoms with Crippen LogP contribution in [0.4, 0.5) is 5.82 Å². The molecule has 0 spiro atoms. The highest BCUT2D eigenvalue weighted by Crippen LogP contribution is 2.19. The predicted molar refractivity (Wildman–Crippen MR) is 66.1 cm³/mol. The topological polar surface area (TPSA) is 102 Å². The fraction of sp³-hybridized carbons (Fsp3) is 0.167. The highest BCUT2D eigenvalue weighted by atomic mass is 16.4. The number of nitrogens with two attached hydrogens (primary N) is 1. The van der Waals surface area contributed by atoms with Crippen LogP contribution in [0.1, 0.15) is 21.5 Å². The van der Waals surface area contributed by atoms with E-state index in [-0.39, 0.29) is 11.4 Å². The van der Waals surface area contributed by atoms with E-state index in [1.807, 2.05) is 19.9 Å². The largest absolute Gasteiger partial charge is 0.477 e. The van der Waals surface area contributed by atoms with Crippen molar-refractivity contribution >= 4 is 11.8 Å². The van der Waals surface area contributed by atoms with E-state index < -0.39 is 5.97 Å². The van der Waals surface area contributed by atoms with Crippen LogP contribution in [0.3, 0.4) is 0 Å². The number of anilines is 1. The van der Waals surface area contributed by atoms with Gasteiger partial charge in [0.2, 0.25) is 0 Å². The van der Waals surface area contributed by atoms with E-state index in [2.05, 4.69) is 15.0 Å². The first-order chi connectivity index (χ1) is 8.49. The number of hydrogen-bond donors (Lipinski definition) is 2. The third kappa shape index (κ3) is 2.13. The summed E-state index contributed by atoms with van der Waals surface area (Å²) < 4.78 is 0. The Kier molecular flexibility index (Phi) is 2.93. The number of aryl methyl sites for hydroxylation is 2.